The molecule has 1 atom stereocenters. The number of unbranched alkanes of at least 4 members (excludes halogenated alkanes) is 1. The molecule has 0 amide bonds. The minimum absolute atomic E-state index is 0.367. The van der Waals surface area contributed by atoms with Crippen LogP contribution >= 0.6 is 11.3 Å². The molecular formula is C16H21NO2S2. The molecule has 0 spiro atoms. The summed E-state index contributed by atoms with van der Waals surface area (Å²) in [5.41, 5.74) is 2.88. The van der Waals surface area contributed by atoms with E-state index in [1.807, 2.05) is 29.6 Å². The molecule has 0 fully saturated rings. The number of hydrogen-bond acceptors (Lipinski definition) is 3. The number of hydrogen-bond donors (Lipinski definition) is 1. The minimum Gasteiger partial charge on any atom is -0.283 e. The summed E-state index contributed by atoms with van der Waals surface area (Å²) in [4.78, 5) is 0. The minimum atomic E-state index is -3.30. The van der Waals surface area contributed by atoms with Crippen molar-refractivity contribution in [1.29, 1.82) is 0 Å². The highest BCUT2D eigenvalue weighted by atomic mass is 32.2. The molecule has 5 heteroatoms. The molecule has 21 heavy (non-hydrogen) atoms. The lowest BCUT2D eigenvalue weighted by atomic mass is 10.1. The van der Waals surface area contributed by atoms with Gasteiger partial charge in [-0.15, -0.1) is 0 Å². The SMILES string of the molecule is CCCC[C@@H](C)S(=O)(=O)Nc1ccc(-c2ccsc2)cc1. The van der Waals surface area contributed by atoms with E-state index in [1.54, 1.807) is 18.3 Å². The Morgan fingerprint density at radius 2 is 1.86 bits per heavy atom. The van der Waals surface area contributed by atoms with Crippen molar-refractivity contribution in [3.8, 4) is 11.1 Å². The van der Waals surface area contributed by atoms with Crippen LogP contribution in [-0.2, 0) is 10.0 Å². The topological polar surface area (TPSA) is 46.2 Å². The first-order chi connectivity index (χ1) is 10.0. The third-order valence-corrected chi connectivity index (χ3v) is 5.99. The molecular weight excluding hydrogens is 302 g/mol. The van der Waals surface area contributed by atoms with Gasteiger partial charge in [0.05, 0.1) is 5.25 Å². The van der Waals surface area contributed by atoms with Gasteiger partial charge in [-0.2, -0.15) is 11.3 Å². The molecule has 2 aromatic rings. The first kappa shape index (κ1) is 16.0. The van der Waals surface area contributed by atoms with Gasteiger partial charge in [-0.25, -0.2) is 8.42 Å². The summed E-state index contributed by atoms with van der Waals surface area (Å²) in [7, 11) is -3.30. The van der Waals surface area contributed by atoms with Crippen LogP contribution in [0.5, 0.6) is 0 Å². The molecule has 0 radical (unpaired) electrons. The van der Waals surface area contributed by atoms with Gasteiger partial charge in [-0.05, 0) is 53.4 Å². The van der Waals surface area contributed by atoms with Crippen molar-refractivity contribution < 1.29 is 8.42 Å². The van der Waals surface area contributed by atoms with Gasteiger partial charge < -0.3 is 0 Å². The van der Waals surface area contributed by atoms with Gasteiger partial charge in [0.2, 0.25) is 10.0 Å². The highest BCUT2D eigenvalue weighted by Crippen LogP contribution is 2.24. The summed E-state index contributed by atoms with van der Waals surface area (Å²) in [5.74, 6) is 0. The van der Waals surface area contributed by atoms with Crippen molar-refractivity contribution in [2.75, 3.05) is 4.72 Å². The average molecular weight is 323 g/mol. The van der Waals surface area contributed by atoms with E-state index in [0.29, 0.717) is 12.1 Å². The second kappa shape index (κ2) is 7.09. The Bertz CT molecular complexity index is 646. The van der Waals surface area contributed by atoms with Crippen molar-refractivity contribution in [3.05, 3.63) is 41.1 Å². The quantitative estimate of drug-likeness (QED) is 0.800. The smallest absolute Gasteiger partial charge is 0.235 e. The van der Waals surface area contributed by atoms with E-state index in [9.17, 15) is 8.42 Å². The Morgan fingerprint density at radius 3 is 2.43 bits per heavy atom. The predicted octanol–water partition coefficient (Wildman–Crippen LogP) is 4.74. The van der Waals surface area contributed by atoms with Crippen LogP contribution in [0, 0.1) is 0 Å². The average Bonchev–Trinajstić information content (AvgIpc) is 2.99. The van der Waals surface area contributed by atoms with Crippen molar-refractivity contribution in [1.82, 2.24) is 0 Å². The number of anilines is 1. The van der Waals surface area contributed by atoms with Crippen LogP contribution < -0.4 is 4.72 Å². The van der Waals surface area contributed by atoms with Gasteiger partial charge in [-0.3, -0.25) is 4.72 Å². The summed E-state index contributed by atoms with van der Waals surface area (Å²) < 4.78 is 27.1. The van der Waals surface area contributed by atoms with Crippen molar-refractivity contribution in [2.45, 2.75) is 38.4 Å². The van der Waals surface area contributed by atoms with Gasteiger partial charge in [0, 0.05) is 5.69 Å². The first-order valence-electron chi connectivity index (χ1n) is 7.17. The molecule has 0 saturated heterocycles. The number of nitrogens with one attached hydrogen (secondary N) is 1. The lowest BCUT2D eigenvalue weighted by Gasteiger charge is -2.14. The van der Waals surface area contributed by atoms with Crippen LogP contribution in [0.2, 0.25) is 0 Å². The summed E-state index contributed by atoms with van der Waals surface area (Å²) in [6.45, 7) is 3.83. The Balaban J connectivity index is 2.06. The molecule has 0 saturated carbocycles. The Morgan fingerprint density at radius 1 is 1.14 bits per heavy atom. The summed E-state index contributed by atoms with van der Waals surface area (Å²) in [6.07, 6.45) is 2.63. The zero-order valence-corrected chi connectivity index (χ0v) is 14.0. The van der Waals surface area contributed by atoms with E-state index < -0.39 is 10.0 Å². The lowest BCUT2D eigenvalue weighted by molar-refractivity contribution is 0.576. The standard InChI is InChI=1S/C16H21NO2S2/c1-3-4-5-13(2)21(18,19)17-16-8-6-14(7-9-16)15-10-11-20-12-15/h6-13,17H,3-5H2,1-2H3/t13-/m1/s1. The molecule has 3 nitrogen and oxygen atoms in total. The number of rotatable bonds is 7. The van der Waals surface area contributed by atoms with E-state index in [4.69, 9.17) is 0 Å². The molecule has 1 aromatic heterocycles. The molecule has 2 rings (SSSR count). The van der Waals surface area contributed by atoms with E-state index in [1.165, 1.54) is 0 Å². The molecule has 1 N–H and O–H groups in total. The Labute approximate surface area is 131 Å². The van der Waals surface area contributed by atoms with E-state index in [0.717, 1.165) is 24.0 Å². The zero-order chi connectivity index (χ0) is 15.3. The third kappa shape index (κ3) is 4.32. The van der Waals surface area contributed by atoms with E-state index in [-0.39, 0.29) is 5.25 Å². The van der Waals surface area contributed by atoms with Gasteiger partial charge in [0.1, 0.15) is 0 Å². The molecule has 114 valence electrons. The Hall–Kier alpha value is -1.33. The maximum atomic E-state index is 12.2. The zero-order valence-electron chi connectivity index (χ0n) is 12.4. The second-order valence-electron chi connectivity index (χ2n) is 5.19. The molecule has 0 aliphatic rings. The number of thiophene rings is 1. The van der Waals surface area contributed by atoms with E-state index in [2.05, 4.69) is 23.1 Å². The molecule has 1 heterocycles. The largest absolute Gasteiger partial charge is 0.283 e. The third-order valence-electron chi connectivity index (χ3n) is 3.49. The van der Waals surface area contributed by atoms with Crippen LogP contribution in [0.15, 0.2) is 41.1 Å². The van der Waals surface area contributed by atoms with E-state index >= 15 is 0 Å². The van der Waals surface area contributed by atoms with Crippen molar-refractivity contribution >= 4 is 27.0 Å². The number of sulfonamides is 1. The van der Waals surface area contributed by atoms with Gasteiger partial charge in [-0.1, -0.05) is 31.9 Å². The Kier molecular flexibility index (Phi) is 5.42. The van der Waals surface area contributed by atoms with Gasteiger partial charge >= 0.3 is 0 Å². The van der Waals surface area contributed by atoms with Crippen LogP contribution in [0.3, 0.4) is 0 Å². The summed E-state index contributed by atoms with van der Waals surface area (Å²) >= 11 is 1.65. The van der Waals surface area contributed by atoms with Gasteiger partial charge in [0.25, 0.3) is 0 Å². The maximum absolute atomic E-state index is 12.2. The molecule has 0 bridgehead atoms. The first-order valence-corrected chi connectivity index (χ1v) is 9.66. The molecule has 1 aromatic carbocycles. The molecule has 0 aliphatic carbocycles. The van der Waals surface area contributed by atoms with Crippen molar-refractivity contribution in [3.63, 3.8) is 0 Å². The monoisotopic (exact) mass is 323 g/mol. The normalized spacial score (nSPS) is 13.0. The summed E-state index contributed by atoms with van der Waals surface area (Å²) in [6, 6.07) is 9.57. The highest BCUT2D eigenvalue weighted by Gasteiger charge is 2.19. The van der Waals surface area contributed by atoms with Gasteiger partial charge in [0.15, 0.2) is 0 Å². The van der Waals surface area contributed by atoms with Crippen molar-refractivity contribution in [2.24, 2.45) is 0 Å². The fourth-order valence-electron chi connectivity index (χ4n) is 2.07. The van der Waals surface area contributed by atoms with Crippen LogP contribution in [0.25, 0.3) is 11.1 Å². The maximum Gasteiger partial charge on any atom is 0.235 e. The number of benzene rings is 1. The fraction of sp³-hybridized carbons (Fsp3) is 0.375. The van der Waals surface area contributed by atoms with Crippen LogP contribution in [0.4, 0.5) is 5.69 Å². The summed E-state index contributed by atoms with van der Waals surface area (Å²) in [5, 5.41) is 3.74. The van der Waals surface area contributed by atoms with Crippen LogP contribution in [0.1, 0.15) is 33.1 Å². The fourth-order valence-corrected chi connectivity index (χ4v) is 3.88. The van der Waals surface area contributed by atoms with Crippen LogP contribution in [-0.4, -0.2) is 13.7 Å². The molecule has 0 unspecified atom stereocenters. The highest BCUT2D eigenvalue weighted by molar-refractivity contribution is 7.93. The molecule has 0 aliphatic heterocycles. The lowest BCUT2D eigenvalue weighted by Crippen LogP contribution is -2.25. The predicted molar refractivity (Wildman–Crippen MR) is 91.3 cm³/mol. The second-order valence-corrected chi connectivity index (χ2v) is 8.07.